The average molecular weight is 375 g/mol. The van der Waals surface area contributed by atoms with Gasteiger partial charge in [0.1, 0.15) is 0 Å². The average Bonchev–Trinajstić information content (AvgIpc) is 3.11. The quantitative estimate of drug-likeness (QED) is 0.621. The third kappa shape index (κ3) is 3.08. The third-order valence-electron chi connectivity index (χ3n) is 4.47. The molecular weight excluding hydrogens is 358 g/mol. The molecular formula is C21H17N3O2S. The molecule has 1 aliphatic rings. The minimum Gasteiger partial charge on any atom is -0.316 e. The number of hydrogen-bond donors (Lipinski definition) is 0. The van der Waals surface area contributed by atoms with Crippen molar-refractivity contribution in [3.63, 3.8) is 0 Å². The zero-order valence-corrected chi connectivity index (χ0v) is 15.7. The standard InChI is InChI=1S/C21H17N3O2S/c1-14-11-16(15(2)23(14)18-9-6-10-22-13-18)12-19-20(25)24(21(26)27-19)17-7-4-3-5-8-17/h3-13H,1-2H3. The number of hydrogen-bond acceptors (Lipinski definition) is 4. The van der Waals surface area contributed by atoms with E-state index in [1.165, 1.54) is 4.90 Å². The Kier molecular flexibility index (Phi) is 4.41. The minimum absolute atomic E-state index is 0.279. The molecule has 0 N–H and O–H groups in total. The van der Waals surface area contributed by atoms with Gasteiger partial charge in [0.2, 0.25) is 0 Å². The lowest BCUT2D eigenvalue weighted by Crippen LogP contribution is -2.27. The van der Waals surface area contributed by atoms with E-state index in [9.17, 15) is 9.59 Å². The smallest absolute Gasteiger partial charge is 0.298 e. The van der Waals surface area contributed by atoms with Crippen LogP contribution >= 0.6 is 11.8 Å². The van der Waals surface area contributed by atoms with Crippen molar-refractivity contribution in [1.29, 1.82) is 0 Å². The fourth-order valence-electron chi connectivity index (χ4n) is 3.23. The van der Waals surface area contributed by atoms with E-state index < -0.39 is 0 Å². The summed E-state index contributed by atoms with van der Waals surface area (Å²) in [4.78, 5) is 31.0. The van der Waals surface area contributed by atoms with Crippen LogP contribution in [0.25, 0.3) is 11.8 Å². The second-order valence-electron chi connectivity index (χ2n) is 6.23. The van der Waals surface area contributed by atoms with Crippen molar-refractivity contribution in [2.45, 2.75) is 13.8 Å². The molecule has 27 heavy (non-hydrogen) atoms. The molecule has 1 aliphatic heterocycles. The number of anilines is 1. The number of imide groups is 1. The van der Waals surface area contributed by atoms with Gasteiger partial charge in [0, 0.05) is 17.6 Å². The monoisotopic (exact) mass is 375 g/mol. The van der Waals surface area contributed by atoms with Crippen LogP contribution < -0.4 is 4.90 Å². The van der Waals surface area contributed by atoms with E-state index in [0.717, 1.165) is 34.4 Å². The SMILES string of the molecule is Cc1cc(C=C2SC(=O)N(c3ccccc3)C2=O)c(C)n1-c1cccnc1. The molecule has 3 aromatic rings. The van der Waals surface area contributed by atoms with Gasteiger partial charge in [0.25, 0.3) is 11.1 Å². The predicted molar refractivity (Wildman–Crippen MR) is 108 cm³/mol. The van der Waals surface area contributed by atoms with E-state index in [0.29, 0.717) is 10.6 Å². The second-order valence-corrected chi connectivity index (χ2v) is 7.22. The first-order chi connectivity index (χ1) is 13.1. The number of para-hydroxylation sites is 1. The number of rotatable bonds is 3. The number of pyridine rings is 1. The molecule has 0 radical (unpaired) electrons. The normalized spacial score (nSPS) is 15.8. The van der Waals surface area contributed by atoms with Crippen LogP contribution in [0.4, 0.5) is 10.5 Å². The number of benzene rings is 1. The van der Waals surface area contributed by atoms with E-state index in [1.54, 1.807) is 30.6 Å². The number of carbonyl (C=O) groups excluding carboxylic acids is 2. The first-order valence-electron chi connectivity index (χ1n) is 8.48. The molecule has 3 heterocycles. The van der Waals surface area contributed by atoms with Gasteiger partial charge in [0.15, 0.2) is 0 Å². The summed E-state index contributed by atoms with van der Waals surface area (Å²) in [6.45, 7) is 4.00. The largest absolute Gasteiger partial charge is 0.316 e. The van der Waals surface area contributed by atoms with Gasteiger partial charge in [-0.1, -0.05) is 18.2 Å². The molecule has 134 valence electrons. The van der Waals surface area contributed by atoms with Crippen molar-refractivity contribution >= 4 is 34.7 Å². The molecule has 1 saturated heterocycles. The fraction of sp³-hybridized carbons (Fsp3) is 0.0952. The highest BCUT2D eigenvalue weighted by Crippen LogP contribution is 2.36. The van der Waals surface area contributed by atoms with E-state index in [4.69, 9.17) is 0 Å². The van der Waals surface area contributed by atoms with Crippen molar-refractivity contribution in [2.75, 3.05) is 4.90 Å². The van der Waals surface area contributed by atoms with E-state index in [1.807, 2.05) is 50.2 Å². The Bertz CT molecular complexity index is 1060. The molecule has 1 fully saturated rings. The van der Waals surface area contributed by atoms with Crippen molar-refractivity contribution in [3.8, 4) is 5.69 Å². The Morgan fingerprint density at radius 3 is 2.44 bits per heavy atom. The number of thioether (sulfide) groups is 1. The Hall–Kier alpha value is -3.12. The van der Waals surface area contributed by atoms with Crippen LogP contribution in [-0.4, -0.2) is 20.7 Å². The third-order valence-corrected chi connectivity index (χ3v) is 5.34. The van der Waals surface area contributed by atoms with Crippen LogP contribution in [0.2, 0.25) is 0 Å². The summed E-state index contributed by atoms with van der Waals surface area (Å²) in [6.07, 6.45) is 5.33. The molecule has 0 unspecified atom stereocenters. The molecule has 2 aromatic heterocycles. The lowest BCUT2D eigenvalue weighted by molar-refractivity contribution is -0.113. The van der Waals surface area contributed by atoms with Gasteiger partial charge in [0.05, 0.1) is 22.5 Å². The molecule has 0 spiro atoms. The van der Waals surface area contributed by atoms with E-state index in [-0.39, 0.29) is 11.1 Å². The van der Waals surface area contributed by atoms with Gasteiger partial charge >= 0.3 is 0 Å². The summed E-state index contributed by atoms with van der Waals surface area (Å²) in [6, 6.07) is 14.9. The summed E-state index contributed by atoms with van der Waals surface area (Å²) in [5.74, 6) is -0.289. The first kappa shape index (κ1) is 17.3. The number of nitrogens with zero attached hydrogens (tertiary/aromatic N) is 3. The van der Waals surface area contributed by atoms with Crippen LogP contribution in [0.15, 0.2) is 65.8 Å². The van der Waals surface area contributed by atoms with Crippen LogP contribution in [0, 0.1) is 13.8 Å². The summed E-state index contributed by atoms with van der Waals surface area (Å²) in [7, 11) is 0. The lowest BCUT2D eigenvalue weighted by atomic mass is 10.2. The van der Waals surface area contributed by atoms with Crippen LogP contribution in [0.1, 0.15) is 17.0 Å². The molecule has 4 rings (SSSR count). The zero-order chi connectivity index (χ0) is 19.0. The van der Waals surface area contributed by atoms with Crippen LogP contribution in [-0.2, 0) is 4.79 Å². The first-order valence-corrected chi connectivity index (χ1v) is 9.30. The van der Waals surface area contributed by atoms with E-state index >= 15 is 0 Å². The van der Waals surface area contributed by atoms with Crippen LogP contribution in [0.3, 0.4) is 0 Å². The van der Waals surface area contributed by atoms with Gasteiger partial charge in [-0.05, 0) is 67.6 Å². The molecule has 0 aliphatic carbocycles. The maximum absolute atomic E-state index is 12.8. The molecule has 6 heteroatoms. The summed E-state index contributed by atoms with van der Waals surface area (Å²) in [5.41, 5.74) is 4.49. The molecule has 1 aromatic carbocycles. The van der Waals surface area contributed by atoms with Crippen molar-refractivity contribution < 1.29 is 9.59 Å². The predicted octanol–water partition coefficient (Wildman–Crippen LogP) is 4.73. The second kappa shape index (κ2) is 6.89. The van der Waals surface area contributed by atoms with E-state index in [2.05, 4.69) is 9.55 Å². The number of aromatic nitrogens is 2. The Balaban J connectivity index is 1.71. The Labute approximate surface area is 161 Å². The van der Waals surface area contributed by atoms with Crippen molar-refractivity contribution in [3.05, 3.63) is 82.8 Å². The van der Waals surface area contributed by atoms with Gasteiger partial charge in [-0.3, -0.25) is 14.6 Å². The van der Waals surface area contributed by atoms with Gasteiger partial charge < -0.3 is 4.57 Å². The topological polar surface area (TPSA) is 55.2 Å². The number of carbonyl (C=O) groups is 2. The highest BCUT2D eigenvalue weighted by Gasteiger charge is 2.36. The van der Waals surface area contributed by atoms with Gasteiger partial charge in [-0.25, -0.2) is 4.90 Å². The number of amides is 2. The summed E-state index contributed by atoms with van der Waals surface area (Å²) >= 11 is 0.968. The highest BCUT2D eigenvalue weighted by molar-refractivity contribution is 8.19. The molecule has 5 nitrogen and oxygen atoms in total. The molecule has 0 atom stereocenters. The summed E-state index contributed by atoms with van der Waals surface area (Å²) < 4.78 is 2.08. The highest BCUT2D eigenvalue weighted by atomic mass is 32.2. The van der Waals surface area contributed by atoms with Gasteiger partial charge in [-0.2, -0.15) is 0 Å². The van der Waals surface area contributed by atoms with Crippen molar-refractivity contribution in [2.24, 2.45) is 0 Å². The zero-order valence-electron chi connectivity index (χ0n) is 14.9. The van der Waals surface area contributed by atoms with Gasteiger partial charge in [-0.15, -0.1) is 0 Å². The maximum Gasteiger partial charge on any atom is 0.298 e. The Morgan fingerprint density at radius 1 is 1.00 bits per heavy atom. The summed E-state index contributed by atoms with van der Waals surface area (Å²) in [5, 5.41) is -0.279. The molecule has 0 saturated carbocycles. The fourth-order valence-corrected chi connectivity index (χ4v) is 4.06. The molecule has 0 bridgehead atoms. The van der Waals surface area contributed by atoms with Crippen LogP contribution in [0.5, 0.6) is 0 Å². The van der Waals surface area contributed by atoms with Crippen molar-refractivity contribution in [1.82, 2.24) is 9.55 Å². The molecule has 2 amide bonds. The maximum atomic E-state index is 12.8. The minimum atomic E-state index is -0.289. The number of aryl methyl sites for hydroxylation is 1. The lowest BCUT2D eigenvalue weighted by Gasteiger charge is -2.11. The Morgan fingerprint density at radius 2 is 1.74 bits per heavy atom.